The second-order valence-electron chi connectivity index (χ2n) is 9.40. The Balaban J connectivity index is 1.69. The molecule has 0 amide bonds. The van der Waals surface area contributed by atoms with E-state index in [2.05, 4.69) is 32.0 Å². The van der Waals surface area contributed by atoms with Gasteiger partial charge in [-0.2, -0.15) is 0 Å². The van der Waals surface area contributed by atoms with Crippen LogP contribution >= 0.6 is 0 Å². The fourth-order valence-electron chi connectivity index (χ4n) is 5.45. The van der Waals surface area contributed by atoms with Crippen molar-refractivity contribution >= 4 is 32.7 Å². The summed E-state index contributed by atoms with van der Waals surface area (Å²) in [6.07, 6.45) is 6.30. The molecule has 0 unspecified atom stereocenters. The van der Waals surface area contributed by atoms with Gasteiger partial charge in [0, 0.05) is 27.9 Å². The minimum absolute atomic E-state index is 0.0913. The van der Waals surface area contributed by atoms with Crippen LogP contribution in [0.4, 0.5) is 4.39 Å². The third kappa shape index (κ3) is 2.95. The molecule has 1 saturated carbocycles. The molecule has 32 heavy (non-hydrogen) atoms. The first-order chi connectivity index (χ1) is 15.6. The van der Waals surface area contributed by atoms with Crippen LogP contribution in [0, 0.1) is 5.82 Å². The molecule has 0 aliphatic heterocycles. The van der Waals surface area contributed by atoms with Crippen molar-refractivity contribution < 1.29 is 8.81 Å². The summed E-state index contributed by atoms with van der Waals surface area (Å²) in [4.78, 5) is 4.81. The zero-order valence-corrected chi connectivity index (χ0v) is 18.5. The van der Waals surface area contributed by atoms with Gasteiger partial charge in [0.2, 0.25) is 0 Å². The van der Waals surface area contributed by atoms with E-state index in [4.69, 9.17) is 9.40 Å². The first kappa shape index (κ1) is 19.5. The smallest absolute Gasteiger partial charge is 0.144 e. The average Bonchev–Trinajstić information content (AvgIpc) is 3.46. The van der Waals surface area contributed by atoms with Gasteiger partial charge >= 0.3 is 0 Å². The monoisotopic (exact) mass is 423 g/mol. The number of furan rings is 1. The van der Waals surface area contributed by atoms with Crippen molar-refractivity contribution in [3.05, 3.63) is 77.7 Å². The number of benzene rings is 3. The Bertz CT molecular complexity index is 1470. The van der Waals surface area contributed by atoms with E-state index < -0.39 is 0 Å². The maximum absolute atomic E-state index is 15.0. The van der Waals surface area contributed by atoms with Crippen LogP contribution in [-0.4, -0.2) is 4.98 Å². The number of hydrogen-bond acceptors (Lipinski definition) is 2. The average molecular weight is 424 g/mol. The maximum atomic E-state index is 15.0. The van der Waals surface area contributed by atoms with E-state index in [0.29, 0.717) is 11.8 Å². The summed E-state index contributed by atoms with van der Waals surface area (Å²) in [5.41, 5.74) is 5.69. The van der Waals surface area contributed by atoms with E-state index in [-0.39, 0.29) is 5.82 Å². The summed E-state index contributed by atoms with van der Waals surface area (Å²) in [6, 6.07) is 18.1. The molecule has 0 saturated heterocycles. The van der Waals surface area contributed by atoms with E-state index >= 15 is 4.39 Å². The number of pyridine rings is 1. The molecule has 2 heterocycles. The van der Waals surface area contributed by atoms with Gasteiger partial charge < -0.3 is 4.42 Å². The predicted molar refractivity (Wildman–Crippen MR) is 130 cm³/mol. The standard InChI is InChI=1S/C29H26FNO/c1-17(2)19-15-23-20-9-5-6-10-26(20)32-29(23)24(16-19)28-22-11-12-25(30)27(18-7-3-4-8-18)21(22)13-14-31-28/h5-6,9-18H,3-4,7-8H2,1-2H3. The van der Waals surface area contributed by atoms with Gasteiger partial charge in [0.05, 0.1) is 5.69 Å². The number of fused-ring (bicyclic) bond motifs is 4. The van der Waals surface area contributed by atoms with Gasteiger partial charge in [0.25, 0.3) is 0 Å². The third-order valence-corrected chi connectivity index (χ3v) is 7.12. The molecule has 0 radical (unpaired) electrons. The Kier molecular flexibility index (Phi) is 4.53. The first-order valence-electron chi connectivity index (χ1n) is 11.6. The van der Waals surface area contributed by atoms with Crippen molar-refractivity contribution in [3.8, 4) is 11.3 Å². The Hall–Kier alpha value is -3.20. The van der Waals surface area contributed by atoms with Gasteiger partial charge in [0.1, 0.15) is 17.0 Å². The zero-order chi connectivity index (χ0) is 21.8. The van der Waals surface area contributed by atoms with Gasteiger partial charge in [0.15, 0.2) is 0 Å². The molecule has 2 aromatic heterocycles. The summed E-state index contributed by atoms with van der Waals surface area (Å²) in [6.45, 7) is 4.41. The molecule has 6 rings (SSSR count). The normalized spacial score (nSPS) is 15.0. The summed E-state index contributed by atoms with van der Waals surface area (Å²) in [7, 11) is 0. The molecule has 3 aromatic carbocycles. The van der Waals surface area contributed by atoms with Crippen molar-refractivity contribution in [2.75, 3.05) is 0 Å². The molecule has 2 nitrogen and oxygen atoms in total. The lowest BCUT2D eigenvalue weighted by Crippen LogP contribution is -2.00. The molecule has 1 aliphatic rings. The second-order valence-corrected chi connectivity index (χ2v) is 9.40. The highest BCUT2D eigenvalue weighted by atomic mass is 19.1. The van der Waals surface area contributed by atoms with Crippen LogP contribution in [0.25, 0.3) is 44.0 Å². The fraction of sp³-hybridized carbons (Fsp3) is 0.276. The van der Waals surface area contributed by atoms with E-state index in [9.17, 15) is 0 Å². The molecule has 3 heteroatoms. The van der Waals surface area contributed by atoms with Crippen LogP contribution in [0.2, 0.25) is 0 Å². The van der Waals surface area contributed by atoms with Crippen LogP contribution in [0.3, 0.4) is 0 Å². The summed E-state index contributed by atoms with van der Waals surface area (Å²) < 4.78 is 21.4. The SMILES string of the molecule is CC(C)c1cc(-c2nccc3c(C4CCCC4)c(F)ccc23)c2oc3ccccc3c2c1. The molecular formula is C29H26FNO. The number of para-hydroxylation sites is 1. The number of rotatable bonds is 3. The van der Waals surface area contributed by atoms with Crippen LogP contribution in [0.1, 0.15) is 62.5 Å². The largest absolute Gasteiger partial charge is 0.455 e. The lowest BCUT2D eigenvalue weighted by atomic mass is 9.89. The van der Waals surface area contributed by atoms with Crippen molar-refractivity contribution in [2.24, 2.45) is 0 Å². The number of hydrogen-bond donors (Lipinski definition) is 0. The quantitative estimate of drug-likeness (QED) is 0.290. The molecule has 1 aliphatic carbocycles. The number of nitrogens with zero attached hydrogens (tertiary/aromatic N) is 1. The van der Waals surface area contributed by atoms with E-state index in [1.165, 1.54) is 18.4 Å². The Labute approximate surface area is 187 Å². The van der Waals surface area contributed by atoms with Gasteiger partial charge in [-0.1, -0.05) is 44.9 Å². The third-order valence-electron chi connectivity index (χ3n) is 7.12. The lowest BCUT2D eigenvalue weighted by Gasteiger charge is -2.16. The highest BCUT2D eigenvalue weighted by Crippen LogP contribution is 2.43. The second kappa shape index (κ2) is 7.44. The summed E-state index contributed by atoms with van der Waals surface area (Å²) in [5.74, 6) is 0.571. The first-order valence-corrected chi connectivity index (χ1v) is 11.6. The highest BCUT2D eigenvalue weighted by molar-refractivity contribution is 6.12. The van der Waals surface area contributed by atoms with Crippen LogP contribution in [0.5, 0.6) is 0 Å². The van der Waals surface area contributed by atoms with Crippen molar-refractivity contribution in [1.29, 1.82) is 0 Å². The van der Waals surface area contributed by atoms with Gasteiger partial charge in [-0.05, 0) is 77.6 Å². The van der Waals surface area contributed by atoms with E-state index in [0.717, 1.165) is 62.4 Å². The van der Waals surface area contributed by atoms with Gasteiger partial charge in [-0.25, -0.2) is 4.39 Å². The molecule has 0 bridgehead atoms. The fourth-order valence-corrected chi connectivity index (χ4v) is 5.45. The highest BCUT2D eigenvalue weighted by Gasteiger charge is 2.24. The van der Waals surface area contributed by atoms with Gasteiger partial charge in [-0.15, -0.1) is 0 Å². The molecular weight excluding hydrogens is 397 g/mol. The number of aromatic nitrogens is 1. The Morgan fingerprint density at radius 2 is 1.72 bits per heavy atom. The van der Waals surface area contributed by atoms with Crippen molar-refractivity contribution in [2.45, 2.75) is 51.4 Å². The molecule has 0 atom stereocenters. The van der Waals surface area contributed by atoms with Crippen molar-refractivity contribution in [3.63, 3.8) is 0 Å². The maximum Gasteiger partial charge on any atom is 0.144 e. The van der Waals surface area contributed by atoms with E-state index in [1.54, 1.807) is 6.07 Å². The molecule has 5 aromatic rings. The molecule has 0 spiro atoms. The molecule has 1 fully saturated rings. The van der Waals surface area contributed by atoms with Crippen LogP contribution < -0.4 is 0 Å². The molecule has 0 N–H and O–H groups in total. The Morgan fingerprint density at radius 1 is 0.906 bits per heavy atom. The lowest BCUT2D eigenvalue weighted by molar-refractivity contribution is 0.585. The zero-order valence-electron chi connectivity index (χ0n) is 18.5. The van der Waals surface area contributed by atoms with Crippen molar-refractivity contribution in [1.82, 2.24) is 4.98 Å². The number of halogens is 1. The minimum atomic E-state index is -0.0913. The topological polar surface area (TPSA) is 26.0 Å². The summed E-state index contributed by atoms with van der Waals surface area (Å²) in [5, 5.41) is 4.21. The summed E-state index contributed by atoms with van der Waals surface area (Å²) >= 11 is 0. The predicted octanol–water partition coefficient (Wildman–Crippen LogP) is 8.72. The Morgan fingerprint density at radius 3 is 2.53 bits per heavy atom. The van der Waals surface area contributed by atoms with E-state index in [1.807, 2.05) is 36.5 Å². The minimum Gasteiger partial charge on any atom is -0.455 e. The van der Waals surface area contributed by atoms with Gasteiger partial charge in [-0.3, -0.25) is 4.98 Å². The van der Waals surface area contributed by atoms with Crippen LogP contribution in [-0.2, 0) is 0 Å². The van der Waals surface area contributed by atoms with Crippen LogP contribution in [0.15, 0.2) is 65.2 Å². The molecule has 160 valence electrons.